The highest BCUT2D eigenvalue weighted by molar-refractivity contribution is 7.83. The summed E-state index contributed by atoms with van der Waals surface area (Å²) in [5, 5.41) is 0. The summed E-state index contributed by atoms with van der Waals surface area (Å²) in [5.41, 5.74) is 0. The number of hydrogen-bond acceptors (Lipinski definition) is 54. The van der Waals surface area contributed by atoms with E-state index in [0.29, 0.717) is 0 Å². The predicted octanol–water partition coefficient (Wildman–Crippen LogP) is -13.6. The first-order chi connectivity index (χ1) is 49.9. The molecule has 5 fully saturated rings. The lowest BCUT2D eigenvalue weighted by Gasteiger charge is -2.45. The van der Waals surface area contributed by atoms with Crippen LogP contribution in [0.4, 0.5) is 0 Å². The van der Waals surface area contributed by atoms with Gasteiger partial charge in [-0.05, 0) is 0 Å². The van der Waals surface area contributed by atoms with Gasteiger partial charge in [0.1, 0.15) is 97.7 Å². The summed E-state index contributed by atoms with van der Waals surface area (Å²) in [6.07, 6.45) is -71.5. The molecule has 23 atom stereocenters. The summed E-state index contributed by atoms with van der Waals surface area (Å²) < 4.78 is 591. The molecule has 81 heteroatoms. The molecule has 0 aromatic rings. The van der Waals surface area contributed by atoms with E-state index in [2.05, 4.69) is 62.7 Å². The first-order valence-corrected chi connectivity index (χ1v) is 46.5. The van der Waals surface area contributed by atoms with Crippen LogP contribution < -0.4 is 0 Å². The molecule has 5 aliphatic heterocycles. The van der Waals surface area contributed by atoms with Crippen molar-refractivity contribution in [1.29, 1.82) is 0 Å². The Morgan fingerprint density at radius 1 is 0.234 bits per heavy atom. The van der Waals surface area contributed by atoms with Crippen molar-refractivity contribution in [3.63, 3.8) is 0 Å². The van der Waals surface area contributed by atoms with E-state index in [1.54, 1.807) is 0 Å². The highest BCUT2D eigenvalue weighted by Gasteiger charge is 2.60. The van der Waals surface area contributed by atoms with Crippen LogP contribution >= 0.6 is 0 Å². The molecule has 0 spiro atoms. The standard InChI is InChI=1S/C30H52O66S15/c31-97(32)77-6-14-19(90-105(52,53)54)22(93-108(61,62)63)25(95-110(67,68)69)30(82-14)76-5-13-18(89-104(49,50)51)21(92-107(58,59)60)24(85-99(35)36)28(81-13)75-4-12-17(88-103(46,47)48)16(87-102(43,44)45)11(79-12)3-73-27-9(86-101(40,41)42)1-8(84-98(33)34)10(80-27)2-74-29-26(96-111(70,71)72)23(94-109(64,65)66)20(91-106(55,56)57)15(83-29)7-78-100(37,38)39/h8-30,97-99H,1-7H2,(H,37,38,39)(H,40,41,42)(H,43,44,45)(H,46,47,48)(H,49,50,51)(H,52,53,54)(H,55,56,57)(H,58,59,60)(H,61,62,63)(H,64,65,66)(H,67,68,69)(H,70,71,72)/t8-,9+,10+,11+,12+,13+,14+,15+,16+,17+,18+,19+,20+,21-,22-,23-,24+,25+,26+,27+,28+,29+,30+/m0/s1. The van der Waals surface area contributed by atoms with E-state index in [1.165, 1.54) is 0 Å². The number of ether oxygens (including phenoxy) is 9. The first kappa shape index (κ1) is 99.4. The molecule has 0 aliphatic carbocycles. The fourth-order valence-electron chi connectivity index (χ4n) is 9.88. The predicted molar refractivity (Wildman–Crippen MR) is 317 cm³/mol. The van der Waals surface area contributed by atoms with Gasteiger partial charge in [0.15, 0.2) is 43.5 Å². The van der Waals surface area contributed by atoms with Gasteiger partial charge in [0.25, 0.3) is 33.0 Å². The molecule has 5 aliphatic rings. The molecule has 5 heterocycles. The number of hydrogen-bond donors (Lipinski definition) is 15. The maximum absolute atomic E-state index is 12.5. The second-order valence-electron chi connectivity index (χ2n) is 20.8. The lowest BCUT2D eigenvalue weighted by atomic mass is 9.98. The fraction of sp³-hybridized carbons (Fsp3) is 1.00. The van der Waals surface area contributed by atoms with Crippen molar-refractivity contribution >= 4 is 158 Å². The average molecular weight is 1950 g/mol. The highest BCUT2D eigenvalue weighted by Crippen LogP contribution is 2.39. The van der Waals surface area contributed by atoms with Crippen molar-refractivity contribution in [3.05, 3.63) is 0 Å². The van der Waals surface area contributed by atoms with Crippen molar-refractivity contribution in [1.82, 2.24) is 0 Å². The fourth-order valence-corrected chi connectivity index (χ4v) is 16.8. The van der Waals surface area contributed by atoms with Gasteiger partial charge in [0, 0.05) is 6.42 Å². The Morgan fingerprint density at radius 3 is 0.784 bits per heavy atom. The van der Waals surface area contributed by atoms with E-state index in [-0.39, 0.29) is 0 Å². The van der Waals surface area contributed by atoms with Gasteiger partial charge in [-0.25, -0.2) is 75.5 Å². The van der Waals surface area contributed by atoms with Gasteiger partial charge in [-0.15, -0.1) is 0 Å². The third-order valence-electron chi connectivity index (χ3n) is 13.1. The van der Waals surface area contributed by atoms with Crippen LogP contribution in [-0.2, 0) is 263 Å². The number of rotatable bonds is 44. The van der Waals surface area contributed by atoms with Crippen molar-refractivity contribution in [2.45, 2.75) is 148 Å². The topological polar surface area (TPSA) is 976 Å². The molecular formula is C30H52O66S15. The summed E-state index contributed by atoms with van der Waals surface area (Å²) >= 11 is 0. The van der Waals surface area contributed by atoms with Crippen molar-refractivity contribution < 1.29 is 286 Å². The first-order valence-electron chi connectivity index (χ1n) is 26.9. The maximum atomic E-state index is 12.5. The third kappa shape index (κ3) is 35.7. The molecule has 0 aromatic carbocycles. The van der Waals surface area contributed by atoms with Gasteiger partial charge < -0.3 is 42.6 Å². The molecular weight excluding hydrogens is 1900 g/mol. The minimum Gasteiger partial charge on any atom is -0.364 e. The van der Waals surface area contributed by atoms with E-state index in [1.807, 2.05) is 0 Å². The second kappa shape index (κ2) is 38.5. The van der Waals surface area contributed by atoms with Crippen LogP contribution in [-0.4, -0.2) is 362 Å². The molecule has 658 valence electrons. The minimum absolute atomic E-state index is 1.48. The molecule has 0 aromatic heterocycles. The molecule has 0 saturated carbocycles. The molecule has 12 N–H and O–H groups in total. The Balaban J connectivity index is 1.63. The van der Waals surface area contributed by atoms with Crippen LogP contribution in [0.3, 0.4) is 0 Å². The Kier molecular flexibility index (Phi) is 34.4. The van der Waals surface area contributed by atoms with Gasteiger partial charge in [0.2, 0.25) is 0 Å². The molecule has 5 rings (SSSR count). The van der Waals surface area contributed by atoms with Crippen LogP contribution in [0, 0.1) is 0 Å². The monoisotopic (exact) mass is 1950 g/mol. The molecule has 5 saturated heterocycles. The van der Waals surface area contributed by atoms with Crippen molar-refractivity contribution in [3.8, 4) is 0 Å². The van der Waals surface area contributed by atoms with E-state index in [0.717, 1.165) is 0 Å². The normalized spacial score (nSPS) is 33.2. The van der Waals surface area contributed by atoms with Crippen molar-refractivity contribution in [2.75, 3.05) is 39.6 Å². The highest BCUT2D eigenvalue weighted by atomic mass is 32.3. The van der Waals surface area contributed by atoms with Crippen molar-refractivity contribution in [2.24, 2.45) is 0 Å². The maximum Gasteiger partial charge on any atom is 0.397 e. The van der Waals surface area contributed by atoms with Crippen LogP contribution in [0.5, 0.6) is 0 Å². The third-order valence-corrected chi connectivity index (χ3v) is 19.9. The van der Waals surface area contributed by atoms with E-state index >= 15 is 0 Å². The molecule has 0 unspecified atom stereocenters. The van der Waals surface area contributed by atoms with Crippen LogP contribution in [0.25, 0.3) is 0 Å². The van der Waals surface area contributed by atoms with Gasteiger partial charge in [-0.1, -0.05) is 0 Å². The van der Waals surface area contributed by atoms with Gasteiger partial charge >= 0.3 is 125 Å². The van der Waals surface area contributed by atoms with Gasteiger partial charge in [-0.2, -0.15) is 101 Å². The lowest BCUT2D eigenvalue weighted by molar-refractivity contribution is -0.320. The van der Waals surface area contributed by atoms with E-state index < -0.39 is 345 Å². The Bertz CT molecular complexity index is 4910. The average Bonchev–Trinajstić information content (AvgIpc) is 0.944. The summed E-state index contributed by atoms with van der Waals surface area (Å²) in [7, 11) is -87.4. The summed E-state index contributed by atoms with van der Waals surface area (Å²) in [6.45, 7) is -11.2. The summed E-state index contributed by atoms with van der Waals surface area (Å²) in [6, 6.07) is 0. The molecule has 0 amide bonds. The van der Waals surface area contributed by atoms with Gasteiger partial charge in [-0.3, -0.25) is 67.2 Å². The summed E-state index contributed by atoms with van der Waals surface area (Å²) in [5.74, 6) is 0. The van der Waals surface area contributed by atoms with E-state index in [4.69, 9.17) is 42.6 Å². The van der Waals surface area contributed by atoms with Crippen LogP contribution in [0.1, 0.15) is 6.42 Å². The molecule has 0 bridgehead atoms. The minimum atomic E-state index is -6.38. The number of thiol groups is 3. The summed E-state index contributed by atoms with van der Waals surface area (Å²) in [4.78, 5) is 0. The zero-order chi connectivity index (χ0) is 84.9. The Hall–Kier alpha value is -2.19. The molecule has 0 radical (unpaired) electrons. The Morgan fingerprint density at radius 2 is 0.477 bits per heavy atom. The SMILES string of the molecule is O=[SH](=O)OC[C@H]1O[C@@H](OC[C@H]2O[C@@H](OC[C@H]3O[C@H](CO[C@@H]4O[C@H](CO[C@@H]5O[C@H](COS(=O)(=O)O)[C@@H](OS(=O)(=O)O)[C@H](OS(=O)(=O)O)[C@H]5OS(=O)(=O)O)[C@@H](O[SH](=O)=O)C[C@H]4OS(=O)(=O)O)[C@@H](OS(=O)(=O)O)[C@@H]3OS(=O)(=O)O)[C@H](O[SH](=O)=O)[C@@H](OS(=O)(=O)O)[C@@H]2OS(=O)(=O)O)[C@H](OS(=O)(=O)O)[C@@H](OS(=O)(=O)O)[C@@H]1OS(=O)(=O)O. The molecule has 66 nitrogen and oxygen atoms in total. The Labute approximate surface area is 627 Å². The lowest BCUT2D eigenvalue weighted by Crippen LogP contribution is -2.65. The van der Waals surface area contributed by atoms with Crippen LogP contribution in [0.2, 0.25) is 0 Å². The largest absolute Gasteiger partial charge is 0.397 e. The smallest absolute Gasteiger partial charge is 0.364 e. The quantitative estimate of drug-likeness (QED) is 0.0199. The van der Waals surface area contributed by atoms with E-state index in [9.17, 15) is 181 Å². The second-order valence-corrected chi connectivity index (χ2v) is 35.4. The van der Waals surface area contributed by atoms with Gasteiger partial charge in [0.05, 0.1) is 39.6 Å². The zero-order valence-electron chi connectivity index (χ0n) is 51.9. The zero-order valence-corrected chi connectivity index (χ0v) is 64.4. The van der Waals surface area contributed by atoms with Crippen LogP contribution in [0.15, 0.2) is 0 Å². The molecule has 111 heavy (non-hydrogen) atoms.